The van der Waals surface area contributed by atoms with E-state index in [1.54, 1.807) is 16.8 Å². The third kappa shape index (κ3) is 4.72. The number of aryl methyl sites for hydroxylation is 2. The number of nitrogens with one attached hydrogen (secondary N) is 1. The summed E-state index contributed by atoms with van der Waals surface area (Å²) in [6.45, 7) is 4.31. The smallest absolute Gasteiger partial charge is 0.234 e. The minimum Gasteiger partial charge on any atom is -0.322 e. The molecule has 4 aromatic rings. The molecule has 2 aromatic carbocycles. The van der Waals surface area contributed by atoms with Gasteiger partial charge in [0.15, 0.2) is 11.0 Å². The van der Waals surface area contributed by atoms with Crippen LogP contribution < -0.4 is 5.32 Å². The Hall–Kier alpha value is -3.46. The first-order chi connectivity index (χ1) is 15.4. The largest absolute Gasteiger partial charge is 0.322 e. The van der Waals surface area contributed by atoms with Crippen molar-refractivity contribution in [2.24, 2.45) is 7.05 Å². The van der Waals surface area contributed by atoms with Gasteiger partial charge in [0.25, 0.3) is 0 Å². The number of anilines is 1. The monoisotopic (exact) mass is 450 g/mol. The van der Waals surface area contributed by atoms with Crippen LogP contribution in [0.4, 0.5) is 10.1 Å². The number of halogens is 1. The molecule has 4 rings (SSSR count). The lowest BCUT2D eigenvalue weighted by atomic mass is 10.2. The van der Waals surface area contributed by atoms with Crippen molar-refractivity contribution >= 4 is 23.4 Å². The molecule has 0 aliphatic heterocycles. The van der Waals surface area contributed by atoms with Gasteiger partial charge in [-0.3, -0.25) is 14.0 Å². The zero-order valence-corrected chi connectivity index (χ0v) is 18.9. The molecule has 0 saturated heterocycles. The van der Waals surface area contributed by atoms with E-state index in [4.69, 9.17) is 0 Å². The van der Waals surface area contributed by atoms with E-state index in [1.807, 2.05) is 55.8 Å². The Kier molecular flexibility index (Phi) is 6.36. The zero-order valence-electron chi connectivity index (χ0n) is 18.0. The predicted molar refractivity (Wildman–Crippen MR) is 123 cm³/mol. The highest BCUT2D eigenvalue weighted by molar-refractivity contribution is 7.99. The van der Waals surface area contributed by atoms with Crippen molar-refractivity contribution in [2.45, 2.75) is 25.5 Å². The van der Waals surface area contributed by atoms with Crippen LogP contribution in [0.25, 0.3) is 11.4 Å². The van der Waals surface area contributed by atoms with Gasteiger partial charge in [-0.1, -0.05) is 42.1 Å². The Labute approximate surface area is 189 Å². The van der Waals surface area contributed by atoms with Gasteiger partial charge in [0.2, 0.25) is 5.91 Å². The normalized spacial score (nSPS) is 11.0. The first-order valence-corrected chi connectivity index (χ1v) is 11.1. The van der Waals surface area contributed by atoms with E-state index in [0.717, 1.165) is 28.2 Å². The number of benzene rings is 2. The maximum Gasteiger partial charge on any atom is 0.234 e. The van der Waals surface area contributed by atoms with Gasteiger partial charge < -0.3 is 5.32 Å². The summed E-state index contributed by atoms with van der Waals surface area (Å²) in [5.41, 5.74) is 4.23. The Morgan fingerprint density at radius 2 is 1.78 bits per heavy atom. The molecule has 0 saturated carbocycles. The van der Waals surface area contributed by atoms with Crippen molar-refractivity contribution in [1.29, 1.82) is 0 Å². The van der Waals surface area contributed by atoms with Crippen molar-refractivity contribution in [3.63, 3.8) is 0 Å². The quantitative estimate of drug-likeness (QED) is 0.427. The standard InChI is InChI=1S/C23H23FN6OS/c1-15-21(16(2)29(3)28-15)25-20(31)14-32-23-27-26-22(18-9-11-19(24)12-10-18)30(23)13-17-7-5-4-6-8-17/h4-12H,13-14H2,1-3H3,(H,25,31). The fourth-order valence-corrected chi connectivity index (χ4v) is 4.11. The lowest BCUT2D eigenvalue weighted by Crippen LogP contribution is -2.16. The molecule has 0 spiro atoms. The van der Waals surface area contributed by atoms with Crippen LogP contribution in [0.5, 0.6) is 0 Å². The highest BCUT2D eigenvalue weighted by atomic mass is 32.2. The number of aromatic nitrogens is 5. The molecule has 164 valence electrons. The van der Waals surface area contributed by atoms with E-state index in [9.17, 15) is 9.18 Å². The number of carbonyl (C=O) groups excluding carboxylic acids is 1. The van der Waals surface area contributed by atoms with E-state index in [2.05, 4.69) is 20.6 Å². The lowest BCUT2D eigenvalue weighted by molar-refractivity contribution is -0.113. The molecule has 0 bridgehead atoms. The van der Waals surface area contributed by atoms with Crippen LogP contribution >= 0.6 is 11.8 Å². The van der Waals surface area contributed by atoms with Crippen LogP contribution in [0.15, 0.2) is 59.8 Å². The Morgan fingerprint density at radius 3 is 2.44 bits per heavy atom. The second kappa shape index (κ2) is 9.35. The second-order valence-corrected chi connectivity index (χ2v) is 8.33. The van der Waals surface area contributed by atoms with Crippen LogP contribution in [-0.4, -0.2) is 36.2 Å². The highest BCUT2D eigenvalue weighted by Crippen LogP contribution is 2.26. The number of hydrogen-bond acceptors (Lipinski definition) is 5. The summed E-state index contributed by atoms with van der Waals surface area (Å²) >= 11 is 1.31. The van der Waals surface area contributed by atoms with Crippen LogP contribution in [0.3, 0.4) is 0 Å². The maximum absolute atomic E-state index is 13.4. The van der Waals surface area contributed by atoms with Gasteiger partial charge in [-0.25, -0.2) is 4.39 Å². The molecule has 0 aliphatic rings. The second-order valence-electron chi connectivity index (χ2n) is 7.39. The predicted octanol–water partition coefficient (Wildman–Crippen LogP) is 4.21. The van der Waals surface area contributed by atoms with E-state index >= 15 is 0 Å². The molecule has 9 heteroatoms. The maximum atomic E-state index is 13.4. The molecular weight excluding hydrogens is 427 g/mol. The van der Waals surface area contributed by atoms with Crippen LogP contribution in [0.1, 0.15) is 17.0 Å². The molecule has 1 amide bonds. The molecule has 2 heterocycles. The highest BCUT2D eigenvalue weighted by Gasteiger charge is 2.18. The van der Waals surface area contributed by atoms with Gasteiger partial charge in [0.1, 0.15) is 5.82 Å². The minimum atomic E-state index is -0.310. The number of hydrogen-bond donors (Lipinski definition) is 1. The molecule has 2 aromatic heterocycles. The number of amides is 1. The third-order valence-electron chi connectivity index (χ3n) is 5.11. The number of rotatable bonds is 7. The number of thioether (sulfide) groups is 1. The summed E-state index contributed by atoms with van der Waals surface area (Å²) in [4.78, 5) is 12.6. The van der Waals surface area contributed by atoms with Gasteiger partial charge in [-0.15, -0.1) is 10.2 Å². The van der Waals surface area contributed by atoms with Crippen LogP contribution in [0.2, 0.25) is 0 Å². The van der Waals surface area contributed by atoms with Gasteiger partial charge >= 0.3 is 0 Å². The molecule has 0 aliphatic carbocycles. The summed E-state index contributed by atoms with van der Waals surface area (Å²) in [5, 5.41) is 16.5. The molecule has 0 unspecified atom stereocenters. The van der Waals surface area contributed by atoms with Crippen molar-refractivity contribution in [3.8, 4) is 11.4 Å². The van der Waals surface area contributed by atoms with Crippen LogP contribution in [-0.2, 0) is 18.4 Å². The summed E-state index contributed by atoms with van der Waals surface area (Å²) in [6.07, 6.45) is 0. The number of nitrogens with zero attached hydrogens (tertiary/aromatic N) is 5. The SMILES string of the molecule is Cc1nn(C)c(C)c1NC(=O)CSc1nnc(-c2ccc(F)cc2)n1Cc1ccccc1. The third-order valence-corrected chi connectivity index (χ3v) is 6.08. The summed E-state index contributed by atoms with van der Waals surface area (Å²) in [5.74, 6) is 0.335. The summed E-state index contributed by atoms with van der Waals surface area (Å²) < 4.78 is 17.1. The van der Waals surface area contributed by atoms with Crippen molar-refractivity contribution < 1.29 is 9.18 Å². The molecule has 0 fully saturated rings. The van der Waals surface area contributed by atoms with Crippen molar-refractivity contribution in [1.82, 2.24) is 24.5 Å². The molecule has 0 atom stereocenters. The van der Waals surface area contributed by atoms with Crippen LogP contribution in [0, 0.1) is 19.7 Å². The van der Waals surface area contributed by atoms with E-state index in [1.165, 1.54) is 23.9 Å². The fourth-order valence-electron chi connectivity index (χ4n) is 3.38. The average Bonchev–Trinajstić information content (AvgIpc) is 3.29. The zero-order chi connectivity index (χ0) is 22.7. The average molecular weight is 451 g/mol. The molecule has 7 nitrogen and oxygen atoms in total. The fraction of sp³-hybridized carbons (Fsp3) is 0.217. The first kappa shape index (κ1) is 21.8. The van der Waals surface area contributed by atoms with E-state index in [0.29, 0.717) is 17.5 Å². The van der Waals surface area contributed by atoms with Crippen molar-refractivity contribution in [2.75, 3.05) is 11.1 Å². The van der Waals surface area contributed by atoms with E-state index in [-0.39, 0.29) is 17.5 Å². The Balaban J connectivity index is 1.56. The van der Waals surface area contributed by atoms with Crippen molar-refractivity contribution in [3.05, 3.63) is 77.4 Å². The Morgan fingerprint density at radius 1 is 1.06 bits per heavy atom. The minimum absolute atomic E-state index is 0.146. The lowest BCUT2D eigenvalue weighted by Gasteiger charge is -2.11. The topological polar surface area (TPSA) is 77.6 Å². The molecular formula is C23H23FN6OS. The van der Waals surface area contributed by atoms with Gasteiger partial charge in [-0.05, 0) is 43.7 Å². The summed E-state index contributed by atoms with van der Waals surface area (Å²) in [7, 11) is 1.84. The van der Waals surface area contributed by atoms with Gasteiger partial charge in [-0.2, -0.15) is 5.10 Å². The molecule has 32 heavy (non-hydrogen) atoms. The Bertz CT molecular complexity index is 1230. The number of carbonyl (C=O) groups is 1. The van der Waals surface area contributed by atoms with Gasteiger partial charge in [0.05, 0.1) is 29.4 Å². The van der Waals surface area contributed by atoms with E-state index < -0.39 is 0 Å². The molecule has 1 N–H and O–H groups in total. The van der Waals surface area contributed by atoms with Gasteiger partial charge in [0, 0.05) is 12.6 Å². The first-order valence-electron chi connectivity index (χ1n) is 10.1. The molecule has 0 radical (unpaired) electrons. The summed E-state index contributed by atoms with van der Waals surface area (Å²) in [6, 6.07) is 16.1.